The van der Waals surface area contributed by atoms with Crippen LogP contribution in [-0.2, 0) is 15.0 Å². The van der Waals surface area contributed by atoms with E-state index in [1.165, 1.54) is 5.56 Å². The van der Waals surface area contributed by atoms with Crippen molar-refractivity contribution in [2.75, 3.05) is 11.9 Å². The number of carbonyl (C=O) groups excluding carboxylic acids is 3. The number of hydrogen-bond acceptors (Lipinski definition) is 4. The molecule has 0 saturated heterocycles. The predicted octanol–water partition coefficient (Wildman–Crippen LogP) is 3.81. The van der Waals surface area contributed by atoms with Gasteiger partial charge < -0.3 is 10.1 Å². The Morgan fingerprint density at radius 2 is 1.48 bits per heavy atom. The van der Waals surface area contributed by atoms with Gasteiger partial charge in [0, 0.05) is 17.7 Å². The normalized spacial score (nSPS) is 11.0. The molecule has 0 aromatic heterocycles. The number of nitrogens with one attached hydrogen (secondary N) is 3. The highest BCUT2D eigenvalue weighted by molar-refractivity contribution is 5.96. The molecule has 7 heteroatoms. The lowest BCUT2D eigenvalue weighted by Gasteiger charge is -2.19. The molecule has 3 amide bonds. The lowest BCUT2D eigenvalue weighted by Crippen LogP contribution is -2.43. The number of carbonyl (C=O) groups is 3. The van der Waals surface area contributed by atoms with E-state index in [0.717, 1.165) is 0 Å². The quantitative estimate of drug-likeness (QED) is 0.588. The minimum absolute atomic E-state index is 0.0397. The second-order valence-corrected chi connectivity index (χ2v) is 8.79. The molecule has 31 heavy (non-hydrogen) atoms. The average Bonchev–Trinajstić information content (AvgIpc) is 2.70. The molecule has 2 aromatic carbocycles. The summed E-state index contributed by atoms with van der Waals surface area (Å²) in [5.74, 6) is -0.189. The van der Waals surface area contributed by atoms with Crippen LogP contribution in [0.25, 0.3) is 0 Å². The molecule has 0 spiro atoms. The van der Waals surface area contributed by atoms with Crippen LogP contribution < -0.4 is 20.9 Å². The molecular formula is C24H31N3O4. The van der Waals surface area contributed by atoms with E-state index in [1.54, 1.807) is 24.3 Å². The molecule has 0 atom stereocenters. The summed E-state index contributed by atoms with van der Waals surface area (Å²) in [6.45, 7) is 10.1. The highest BCUT2D eigenvalue weighted by Gasteiger charge is 2.13. The van der Waals surface area contributed by atoms with Crippen molar-refractivity contribution in [3.63, 3.8) is 0 Å². The molecule has 166 valence electrons. The van der Waals surface area contributed by atoms with Gasteiger partial charge in [-0.25, -0.2) is 0 Å². The van der Waals surface area contributed by atoms with Crippen molar-refractivity contribution in [1.82, 2.24) is 10.9 Å². The molecule has 0 aliphatic carbocycles. The molecule has 0 aliphatic heterocycles. The van der Waals surface area contributed by atoms with Crippen LogP contribution in [0, 0.1) is 5.92 Å². The summed E-state index contributed by atoms with van der Waals surface area (Å²) in [4.78, 5) is 35.9. The van der Waals surface area contributed by atoms with Gasteiger partial charge in [-0.05, 0) is 53.3 Å². The maximum absolute atomic E-state index is 12.2. The number of hydrazine groups is 1. The largest absolute Gasteiger partial charge is 0.484 e. The third-order valence-electron chi connectivity index (χ3n) is 4.43. The summed E-state index contributed by atoms with van der Waals surface area (Å²) in [6.07, 6.45) is 0.428. The van der Waals surface area contributed by atoms with Crippen LogP contribution in [0.5, 0.6) is 5.75 Å². The second-order valence-electron chi connectivity index (χ2n) is 8.79. The van der Waals surface area contributed by atoms with Crippen LogP contribution in [0.15, 0.2) is 48.5 Å². The zero-order valence-electron chi connectivity index (χ0n) is 18.7. The van der Waals surface area contributed by atoms with Gasteiger partial charge in [0.15, 0.2) is 6.61 Å². The third-order valence-corrected chi connectivity index (χ3v) is 4.43. The Labute approximate surface area is 183 Å². The van der Waals surface area contributed by atoms with Gasteiger partial charge in [0.1, 0.15) is 5.75 Å². The van der Waals surface area contributed by atoms with Crippen molar-refractivity contribution in [2.24, 2.45) is 5.92 Å². The first-order chi connectivity index (χ1) is 14.5. The number of amides is 3. The predicted molar refractivity (Wildman–Crippen MR) is 121 cm³/mol. The Hall–Kier alpha value is -3.35. The van der Waals surface area contributed by atoms with Crippen molar-refractivity contribution >= 4 is 23.4 Å². The standard InChI is InChI=1S/C24H31N3O4/c1-16(2)14-21(28)25-19-10-6-17(7-11-19)23(30)27-26-22(29)15-31-20-12-8-18(9-13-20)24(3,4)5/h6-13,16H,14-15H2,1-5H3,(H,25,28)(H,26,29)(H,27,30). The molecule has 7 nitrogen and oxygen atoms in total. The molecule has 0 fully saturated rings. The van der Waals surface area contributed by atoms with Gasteiger partial charge in [-0.1, -0.05) is 46.8 Å². The summed E-state index contributed by atoms with van der Waals surface area (Å²) in [5.41, 5.74) is 6.83. The van der Waals surface area contributed by atoms with Gasteiger partial charge in [0.2, 0.25) is 5.91 Å². The Morgan fingerprint density at radius 1 is 0.871 bits per heavy atom. The van der Waals surface area contributed by atoms with Crippen LogP contribution in [0.4, 0.5) is 5.69 Å². The van der Waals surface area contributed by atoms with E-state index in [9.17, 15) is 14.4 Å². The van der Waals surface area contributed by atoms with Gasteiger partial charge in [-0.3, -0.25) is 25.2 Å². The average molecular weight is 426 g/mol. The summed E-state index contributed by atoms with van der Waals surface area (Å²) in [5, 5.41) is 2.78. The Balaban J connectivity index is 1.77. The van der Waals surface area contributed by atoms with Crippen LogP contribution in [0.2, 0.25) is 0 Å². The Kier molecular flexibility index (Phi) is 8.19. The van der Waals surface area contributed by atoms with E-state index in [4.69, 9.17) is 4.74 Å². The van der Waals surface area contributed by atoms with Crippen molar-refractivity contribution in [1.29, 1.82) is 0 Å². The van der Waals surface area contributed by atoms with Crippen molar-refractivity contribution in [2.45, 2.75) is 46.5 Å². The number of benzene rings is 2. The smallest absolute Gasteiger partial charge is 0.276 e. The first kappa shape index (κ1) is 23.9. The summed E-state index contributed by atoms with van der Waals surface area (Å²) in [6, 6.07) is 14.0. The molecule has 2 rings (SSSR count). The fourth-order valence-corrected chi connectivity index (χ4v) is 2.72. The van der Waals surface area contributed by atoms with Gasteiger partial charge in [0.25, 0.3) is 11.8 Å². The maximum Gasteiger partial charge on any atom is 0.276 e. The lowest BCUT2D eigenvalue weighted by atomic mass is 9.87. The zero-order valence-corrected chi connectivity index (χ0v) is 18.7. The number of hydrogen-bond donors (Lipinski definition) is 3. The summed E-state index contributed by atoms with van der Waals surface area (Å²) in [7, 11) is 0. The van der Waals surface area contributed by atoms with E-state index in [-0.39, 0.29) is 23.8 Å². The minimum atomic E-state index is -0.481. The highest BCUT2D eigenvalue weighted by atomic mass is 16.5. The van der Waals surface area contributed by atoms with E-state index in [2.05, 4.69) is 36.9 Å². The van der Waals surface area contributed by atoms with E-state index in [1.807, 2.05) is 38.1 Å². The molecule has 0 unspecified atom stereocenters. The Morgan fingerprint density at radius 3 is 2.03 bits per heavy atom. The number of ether oxygens (including phenoxy) is 1. The first-order valence-corrected chi connectivity index (χ1v) is 10.3. The van der Waals surface area contributed by atoms with Crippen LogP contribution in [0.1, 0.15) is 57.0 Å². The topological polar surface area (TPSA) is 96.5 Å². The van der Waals surface area contributed by atoms with Crippen LogP contribution in [0.3, 0.4) is 0 Å². The third kappa shape index (κ3) is 8.12. The van der Waals surface area contributed by atoms with E-state index >= 15 is 0 Å². The van der Waals surface area contributed by atoms with Gasteiger partial charge in [-0.2, -0.15) is 0 Å². The van der Waals surface area contributed by atoms with Gasteiger partial charge in [0.05, 0.1) is 0 Å². The zero-order chi connectivity index (χ0) is 23.0. The number of rotatable bonds is 7. The fourth-order valence-electron chi connectivity index (χ4n) is 2.72. The highest BCUT2D eigenvalue weighted by Crippen LogP contribution is 2.24. The lowest BCUT2D eigenvalue weighted by molar-refractivity contribution is -0.123. The van der Waals surface area contributed by atoms with Crippen molar-refractivity contribution in [3.8, 4) is 5.75 Å². The summed E-state index contributed by atoms with van der Waals surface area (Å²) < 4.78 is 5.45. The number of anilines is 1. The fraction of sp³-hybridized carbons (Fsp3) is 0.375. The molecule has 0 saturated carbocycles. The minimum Gasteiger partial charge on any atom is -0.484 e. The summed E-state index contributed by atoms with van der Waals surface area (Å²) >= 11 is 0. The van der Waals surface area contributed by atoms with Gasteiger partial charge in [-0.15, -0.1) is 0 Å². The van der Waals surface area contributed by atoms with Crippen LogP contribution in [-0.4, -0.2) is 24.3 Å². The van der Waals surface area contributed by atoms with E-state index in [0.29, 0.717) is 23.4 Å². The molecule has 2 aromatic rings. The Bertz CT molecular complexity index is 898. The molecule has 0 radical (unpaired) electrons. The maximum atomic E-state index is 12.2. The van der Waals surface area contributed by atoms with Crippen molar-refractivity contribution < 1.29 is 19.1 Å². The van der Waals surface area contributed by atoms with E-state index < -0.39 is 11.8 Å². The van der Waals surface area contributed by atoms with Crippen LogP contribution >= 0.6 is 0 Å². The first-order valence-electron chi connectivity index (χ1n) is 10.3. The SMILES string of the molecule is CC(C)CC(=O)Nc1ccc(C(=O)NNC(=O)COc2ccc(C(C)(C)C)cc2)cc1. The molecule has 0 heterocycles. The molecule has 3 N–H and O–H groups in total. The molecular weight excluding hydrogens is 394 g/mol. The molecule has 0 bridgehead atoms. The van der Waals surface area contributed by atoms with Gasteiger partial charge >= 0.3 is 0 Å². The monoisotopic (exact) mass is 425 g/mol. The van der Waals surface area contributed by atoms with Crippen molar-refractivity contribution in [3.05, 3.63) is 59.7 Å². The molecule has 0 aliphatic rings. The second kappa shape index (κ2) is 10.6.